The van der Waals surface area contributed by atoms with E-state index < -0.39 is 34.4 Å². The Balaban J connectivity index is 1.53. The topological polar surface area (TPSA) is 124 Å². The first-order chi connectivity index (χ1) is 19.6. The molecule has 2 aliphatic rings. The van der Waals surface area contributed by atoms with Gasteiger partial charge in [0.1, 0.15) is 11.9 Å². The summed E-state index contributed by atoms with van der Waals surface area (Å²) < 4.78 is 50.5. The first-order valence-corrected chi connectivity index (χ1v) is 15.3. The number of aliphatic hydroxyl groups is 1. The lowest BCUT2D eigenvalue weighted by Crippen LogP contribution is -2.51. The normalized spacial score (nSPS) is 21.9. The summed E-state index contributed by atoms with van der Waals surface area (Å²) in [5.74, 6) is 0.488. The van der Waals surface area contributed by atoms with Gasteiger partial charge in [0, 0.05) is 13.1 Å². The van der Waals surface area contributed by atoms with Crippen molar-refractivity contribution in [3.05, 3.63) is 66.2 Å². The predicted molar refractivity (Wildman–Crippen MR) is 154 cm³/mol. The summed E-state index contributed by atoms with van der Waals surface area (Å²) in [6, 6.07) is 12.8. The first-order valence-electron chi connectivity index (χ1n) is 13.8. The Kier molecular flexibility index (Phi) is 10.4. The van der Waals surface area contributed by atoms with Gasteiger partial charge in [0.25, 0.3) is 0 Å². The minimum atomic E-state index is -3.96. The fraction of sp³-hybridized carbons (Fsp3) is 0.500. The van der Waals surface area contributed by atoms with Gasteiger partial charge < -0.3 is 29.4 Å². The molecule has 1 amide bonds. The molecule has 0 spiro atoms. The molecule has 0 aromatic heterocycles. The Morgan fingerprint density at radius 3 is 2.49 bits per heavy atom. The van der Waals surface area contributed by atoms with Crippen LogP contribution in [0.5, 0.6) is 5.75 Å². The van der Waals surface area contributed by atoms with E-state index in [1.54, 1.807) is 18.2 Å². The van der Waals surface area contributed by atoms with Crippen LogP contribution in [-0.2, 0) is 30.7 Å². The van der Waals surface area contributed by atoms with Crippen LogP contribution in [0.15, 0.2) is 60.0 Å². The zero-order valence-corrected chi connectivity index (χ0v) is 24.6. The molecule has 2 fully saturated rings. The Morgan fingerprint density at radius 2 is 1.85 bits per heavy atom. The Bertz CT molecular complexity index is 1270. The fourth-order valence-corrected chi connectivity index (χ4v) is 6.73. The van der Waals surface area contributed by atoms with Crippen molar-refractivity contribution in [2.75, 3.05) is 33.4 Å². The maximum atomic E-state index is 13.6. The third kappa shape index (κ3) is 7.87. The molecule has 0 radical (unpaired) electrons. The number of fused-ring (bicyclic) bond motifs is 1. The van der Waals surface area contributed by atoms with Gasteiger partial charge in [-0.25, -0.2) is 13.2 Å². The van der Waals surface area contributed by atoms with Crippen LogP contribution < -0.4 is 10.1 Å². The minimum absolute atomic E-state index is 0.0120. The molecule has 2 aromatic rings. The van der Waals surface area contributed by atoms with Crippen LogP contribution in [0.2, 0.25) is 0 Å². The number of sulfonamides is 1. The van der Waals surface area contributed by atoms with Gasteiger partial charge in [-0.2, -0.15) is 4.31 Å². The van der Waals surface area contributed by atoms with Crippen molar-refractivity contribution in [1.82, 2.24) is 9.62 Å². The van der Waals surface area contributed by atoms with E-state index in [0.717, 1.165) is 17.5 Å². The second-order valence-corrected chi connectivity index (χ2v) is 12.8. The summed E-state index contributed by atoms with van der Waals surface area (Å²) in [6.45, 7) is 8.32. The summed E-state index contributed by atoms with van der Waals surface area (Å²) in [5, 5.41) is 14.2. The third-order valence-corrected chi connectivity index (χ3v) is 9.18. The van der Waals surface area contributed by atoms with Crippen molar-refractivity contribution in [3.63, 3.8) is 0 Å². The van der Waals surface area contributed by atoms with Crippen LogP contribution in [0.25, 0.3) is 6.08 Å². The third-order valence-electron chi connectivity index (χ3n) is 7.34. The molecule has 2 aliphatic heterocycles. The highest BCUT2D eigenvalue weighted by Crippen LogP contribution is 2.33. The number of carbonyl (C=O) groups is 1. The Morgan fingerprint density at radius 1 is 1.15 bits per heavy atom. The average molecular weight is 589 g/mol. The van der Waals surface area contributed by atoms with E-state index >= 15 is 0 Å². The van der Waals surface area contributed by atoms with Crippen LogP contribution >= 0.6 is 0 Å². The second-order valence-electron chi connectivity index (χ2n) is 10.8. The first kappa shape index (κ1) is 31.0. The molecule has 4 rings (SSSR count). The van der Waals surface area contributed by atoms with Gasteiger partial charge in [0.2, 0.25) is 10.0 Å². The Labute approximate surface area is 242 Å². The smallest absolute Gasteiger partial charge is 0.407 e. The van der Waals surface area contributed by atoms with Gasteiger partial charge in [-0.15, -0.1) is 0 Å². The second kappa shape index (κ2) is 13.8. The van der Waals surface area contributed by atoms with E-state index in [2.05, 4.69) is 11.9 Å². The van der Waals surface area contributed by atoms with Crippen LogP contribution in [0.4, 0.5) is 4.79 Å². The minimum Gasteiger partial charge on any atom is -0.497 e. The van der Waals surface area contributed by atoms with Crippen LogP contribution in [0.1, 0.15) is 31.4 Å². The average Bonchev–Trinajstić information content (AvgIpc) is 3.57. The van der Waals surface area contributed by atoms with E-state index in [0.29, 0.717) is 12.4 Å². The molecular weight excluding hydrogens is 548 g/mol. The monoisotopic (exact) mass is 588 g/mol. The van der Waals surface area contributed by atoms with Gasteiger partial charge in [-0.1, -0.05) is 50.8 Å². The van der Waals surface area contributed by atoms with Crippen LogP contribution in [-0.4, -0.2) is 81.9 Å². The zero-order chi connectivity index (χ0) is 29.6. The van der Waals surface area contributed by atoms with Gasteiger partial charge in [-0.05, 0) is 54.2 Å². The van der Waals surface area contributed by atoms with E-state index in [1.165, 1.54) is 23.5 Å². The van der Waals surface area contributed by atoms with Gasteiger partial charge in [0.15, 0.2) is 6.29 Å². The SMILES string of the molecule is C=Cc1ccc(C[C@H](NC(=O)OC2CO[C@H]3OCC[C@@H]23)[C@H](O)CN(CC(C)C)S(=O)(=O)c2ccc(OC)cc2)cc1. The van der Waals surface area contributed by atoms with E-state index in [1.807, 2.05) is 38.1 Å². The van der Waals surface area contributed by atoms with Gasteiger partial charge in [0.05, 0.1) is 43.3 Å². The molecular formula is C30H40N2O8S. The number of hydrogen-bond acceptors (Lipinski definition) is 8. The van der Waals surface area contributed by atoms with E-state index in [9.17, 15) is 18.3 Å². The van der Waals surface area contributed by atoms with Crippen molar-refractivity contribution >= 4 is 22.2 Å². The number of alkyl carbamates (subject to hydrolysis) is 1. The number of aliphatic hydroxyl groups excluding tert-OH is 1. The van der Waals surface area contributed by atoms with Crippen molar-refractivity contribution in [2.24, 2.45) is 11.8 Å². The van der Waals surface area contributed by atoms with Crippen molar-refractivity contribution in [3.8, 4) is 5.75 Å². The number of benzene rings is 2. The highest BCUT2D eigenvalue weighted by molar-refractivity contribution is 7.89. The molecule has 2 saturated heterocycles. The molecule has 1 unspecified atom stereocenters. The number of nitrogens with one attached hydrogen (secondary N) is 1. The Hall–Kier alpha value is -2.96. The summed E-state index contributed by atoms with van der Waals surface area (Å²) in [6.07, 6.45) is -0.0595. The van der Waals surface area contributed by atoms with Crippen molar-refractivity contribution < 1.29 is 37.3 Å². The molecule has 0 bridgehead atoms. The molecule has 0 saturated carbocycles. The van der Waals surface area contributed by atoms with Gasteiger partial charge >= 0.3 is 6.09 Å². The largest absolute Gasteiger partial charge is 0.497 e. The van der Waals surface area contributed by atoms with Crippen LogP contribution in [0, 0.1) is 11.8 Å². The highest BCUT2D eigenvalue weighted by atomic mass is 32.2. The number of methoxy groups -OCH3 is 1. The molecule has 10 nitrogen and oxygen atoms in total. The molecule has 5 atom stereocenters. The zero-order valence-electron chi connectivity index (χ0n) is 23.8. The standard InChI is InChI=1S/C30H40N2O8S/c1-5-21-6-8-22(9-7-21)16-26(31-30(34)40-28-19-39-29-25(28)14-15-38-29)27(33)18-32(17-20(2)3)41(35,36)24-12-10-23(37-4)11-13-24/h5-13,20,25-29,33H,1,14-19H2,2-4H3,(H,31,34)/t25-,26-,27+,28?,29+/m0/s1. The van der Waals surface area contributed by atoms with E-state index in [4.69, 9.17) is 18.9 Å². The number of carbonyl (C=O) groups excluding carboxylic acids is 1. The molecule has 0 aliphatic carbocycles. The number of ether oxygens (including phenoxy) is 4. The molecule has 2 heterocycles. The predicted octanol–water partition coefficient (Wildman–Crippen LogP) is 3.44. The number of amides is 1. The molecule has 2 aromatic carbocycles. The van der Waals surface area contributed by atoms with Gasteiger partial charge in [-0.3, -0.25) is 0 Å². The molecule has 41 heavy (non-hydrogen) atoms. The van der Waals surface area contributed by atoms with Crippen molar-refractivity contribution in [2.45, 2.75) is 56.1 Å². The molecule has 224 valence electrons. The van der Waals surface area contributed by atoms with E-state index in [-0.39, 0.29) is 49.1 Å². The summed E-state index contributed by atoms with van der Waals surface area (Å²) in [7, 11) is -2.45. The molecule has 11 heteroatoms. The molecule has 2 N–H and O–H groups in total. The van der Waals surface area contributed by atoms with Crippen LogP contribution in [0.3, 0.4) is 0 Å². The lowest BCUT2D eigenvalue weighted by molar-refractivity contribution is -0.0907. The lowest BCUT2D eigenvalue weighted by Gasteiger charge is -2.31. The maximum Gasteiger partial charge on any atom is 0.407 e. The summed E-state index contributed by atoms with van der Waals surface area (Å²) in [5.41, 5.74) is 1.78. The quantitative estimate of drug-likeness (QED) is 0.365. The van der Waals surface area contributed by atoms with Crippen molar-refractivity contribution in [1.29, 1.82) is 0 Å². The number of hydrogen-bond donors (Lipinski definition) is 2. The number of nitrogens with zero attached hydrogens (tertiary/aromatic N) is 1. The fourth-order valence-electron chi connectivity index (χ4n) is 5.11. The maximum absolute atomic E-state index is 13.6. The highest BCUT2D eigenvalue weighted by Gasteiger charge is 2.44. The summed E-state index contributed by atoms with van der Waals surface area (Å²) >= 11 is 0. The number of rotatable bonds is 13. The lowest BCUT2D eigenvalue weighted by atomic mass is 10.00. The summed E-state index contributed by atoms with van der Waals surface area (Å²) in [4.78, 5) is 13.1.